The van der Waals surface area contributed by atoms with E-state index in [2.05, 4.69) is 5.32 Å². The lowest BCUT2D eigenvalue weighted by atomic mass is 10.2. The van der Waals surface area contributed by atoms with Crippen molar-refractivity contribution in [2.24, 2.45) is 0 Å². The molecule has 0 fully saturated rings. The first-order chi connectivity index (χ1) is 9.78. The predicted octanol–water partition coefficient (Wildman–Crippen LogP) is 1.12. The molecule has 0 saturated carbocycles. The lowest BCUT2D eigenvalue weighted by molar-refractivity contribution is 0.369. The maximum atomic E-state index is 13.9. The van der Waals surface area contributed by atoms with Crippen molar-refractivity contribution in [2.45, 2.75) is 17.9 Å². The standard InChI is InChI=1S/C14H24FN3O2S/c1-16-11-12-6-7-13(15)14(10-12)21(19,20)18(4)9-5-8-17(2)3/h6-7,10,16H,5,8-9,11H2,1-4H3. The number of nitrogens with one attached hydrogen (secondary N) is 1. The average molecular weight is 317 g/mol. The van der Waals surface area contributed by atoms with Gasteiger partial charge in [-0.1, -0.05) is 6.07 Å². The van der Waals surface area contributed by atoms with E-state index in [1.54, 1.807) is 13.1 Å². The van der Waals surface area contributed by atoms with Gasteiger partial charge < -0.3 is 10.2 Å². The molecule has 0 spiro atoms. The molecule has 0 saturated heterocycles. The summed E-state index contributed by atoms with van der Waals surface area (Å²) in [5, 5.41) is 2.92. The normalized spacial score (nSPS) is 12.3. The van der Waals surface area contributed by atoms with Crippen molar-refractivity contribution < 1.29 is 12.8 Å². The first kappa shape index (κ1) is 18.0. The van der Waals surface area contributed by atoms with E-state index in [1.165, 1.54) is 23.5 Å². The quantitative estimate of drug-likeness (QED) is 0.781. The van der Waals surface area contributed by atoms with E-state index in [-0.39, 0.29) is 4.90 Å². The van der Waals surface area contributed by atoms with Crippen molar-refractivity contribution in [1.82, 2.24) is 14.5 Å². The van der Waals surface area contributed by atoms with Crippen LogP contribution in [0, 0.1) is 5.82 Å². The van der Waals surface area contributed by atoms with E-state index in [0.717, 1.165) is 12.1 Å². The topological polar surface area (TPSA) is 52.7 Å². The van der Waals surface area contributed by atoms with E-state index in [0.29, 0.717) is 19.5 Å². The van der Waals surface area contributed by atoms with Gasteiger partial charge in [0.1, 0.15) is 10.7 Å². The van der Waals surface area contributed by atoms with Crippen LogP contribution in [0.1, 0.15) is 12.0 Å². The van der Waals surface area contributed by atoms with Crippen molar-refractivity contribution in [3.8, 4) is 0 Å². The summed E-state index contributed by atoms with van der Waals surface area (Å²) in [5.41, 5.74) is 0.735. The first-order valence-corrected chi connectivity index (χ1v) is 8.27. The number of halogens is 1. The third kappa shape index (κ3) is 5.03. The van der Waals surface area contributed by atoms with Crippen LogP contribution in [0.3, 0.4) is 0 Å². The SMILES string of the molecule is CNCc1ccc(F)c(S(=O)(=O)N(C)CCCN(C)C)c1. The van der Waals surface area contributed by atoms with Gasteiger partial charge in [-0.25, -0.2) is 17.1 Å². The molecular weight excluding hydrogens is 293 g/mol. The van der Waals surface area contributed by atoms with Crippen LogP contribution in [-0.4, -0.2) is 58.9 Å². The lowest BCUT2D eigenvalue weighted by Crippen LogP contribution is -2.30. The highest BCUT2D eigenvalue weighted by molar-refractivity contribution is 7.89. The van der Waals surface area contributed by atoms with Crippen molar-refractivity contribution in [1.29, 1.82) is 0 Å². The summed E-state index contributed by atoms with van der Waals surface area (Å²) in [6.45, 7) is 1.63. The fraction of sp³-hybridized carbons (Fsp3) is 0.571. The number of sulfonamides is 1. The second-order valence-electron chi connectivity index (χ2n) is 5.28. The van der Waals surface area contributed by atoms with Crippen LogP contribution in [-0.2, 0) is 16.6 Å². The Morgan fingerprint density at radius 3 is 2.43 bits per heavy atom. The Morgan fingerprint density at radius 2 is 1.86 bits per heavy atom. The zero-order valence-electron chi connectivity index (χ0n) is 13.1. The van der Waals surface area contributed by atoms with Gasteiger partial charge in [0.05, 0.1) is 0 Å². The molecule has 0 unspecified atom stereocenters. The van der Waals surface area contributed by atoms with E-state index in [9.17, 15) is 12.8 Å². The average Bonchev–Trinajstić information content (AvgIpc) is 2.40. The number of hydrogen-bond donors (Lipinski definition) is 1. The molecule has 1 aromatic rings. The Balaban J connectivity index is 2.93. The summed E-state index contributed by atoms with van der Waals surface area (Å²) in [7, 11) is 3.29. The predicted molar refractivity (Wildman–Crippen MR) is 82.2 cm³/mol. The molecule has 5 nitrogen and oxygen atoms in total. The van der Waals surface area contributed by atoms with Gasteiger partial charge in [-0.3, -0.25) is 0 Å². The molecule has 1 N–H and O–H groups in total. The van der Waals surface area contributed by atoms with Crippen LogP contribution < -0.4 is 5.32 Å². The van der Waals surface area contributed by atoms with Crippen LogP contribution in [0.15, 0.2) is 23.1 Å². The Kier molecular flexibility index (Phi) is 6.73. The molecule has 0 amide bonds. The van der Waals surface area contributed by atoms with Gasteiger partial charge >= 0.3 is 0 Å². The van der Waals surface area contributed by atoms with E-state index < -0.39 is 15.8 Å². The van der Waals surface area contributed by atoms with Crippen LogP contribution in [0.4, 0.5) is 4.39 Å². The zero-order valence-corrected chi connectivity index (χ0v) is 13.9. The van der Waals surface area contributed by atoms with Crippen LogP contribution >= 0.6 is 0 Å². The summed E-state index contributed by atoms with van der Waals surface area (Å²) in [4.78, 5) is 1.72. The second-order valence-corrected chi connectivity index (χ2v) is 7.29. The molecule has 7 heteroatoms. The monoisotopic (exact) mass is 317 g/mol. The van der Waals surface area contributed by atoms with Gasteiger partial charge in [-0.05, 0) is 51.8 Å². The van der Waals surface area contributed by atoms with E-state index in [4.69, 9.17) is 0 Å². The second kappa shape index (κ2) is 7.84. The first-order valence-electron chi connectivity index (χ1n) is 6.83. The summed E-state index contributed by atoms with van der Waals surface area (Å²) in [6, 6.07) is 4.17. The van der Waals surface area contributed by atoms with E-state index >= 15 is 0 Å². The molecule has 1 aromatic carbocycles. The van der Waals surface area contributed by atoms with Crippen LogP contribution in [0.2, 0.25) is 0 Å². The maximum absolute atomic E-state index is 13.9. The summed E-state index contributed by atoms with van der Waals surface area (Å²) in [5.74, 6) is -0.714. The van der Waals surface area contributed by atoms with Crippen molar-refractivity contribution in [3.63, 3.8) is 0 Å². The minimum absolute atomic E-state index is 0.261. The van der Waals surface area contributed by atoms with Crippen LogP contribution in [0.5, 0.6) is 0 Å². The molecule has 120 valence electrons. The third-order valence-electron chi connectivity index (χ3n) is 3.14. The third-order valence-corrected chi connectivity index (χ3v) is 5.01. The van der Waals surface area contributed by atoms with Crippen molar-refractivity contribution in [3.05, 3.63) is 29.6 Å². The lowest BCUT2D eigenvalue weighted by Gasteiger charge is -2.19. The van der Waals surface area contributed by atoms with Gasteiger partial charge in [-0.15, -0.1) is 0 Å². The molecule has 21 heavy (non-hydrogen) atoms. The molecule has 0 atom stereocenters. The molecule has 0 aromatic heterocycles. The zero-order chi connectivity index (χ0) is 16.0. The fourth-order valence-electron chi connectivity index (χ4n) is 1.96. The summed E-state index contributed by atoms with van der Waals surface area (Å²) in [6.07, 6.45) is 0.695. The Bertz CT molecular complexity index is 561. The molecular formula is C14H24FN3O2S. The number of hydrogen-bond acceptors (Lipinski definition) is 4. The maximum Gasteiger partial charge on any atom is 0.245 e. The Hall–Kier alpha value is -1.02. The van der Waals surface area contributed by atoms with Crippen molar-refractivity contribution in [2.75, 3.05) is 41.3 Å². The van der Waals surface area contributed by atoms with Crippen molar-refractivity contribution >= 4 is 10.0 Å². The fourth-order valence-corrected chi connectivity index (χ4v) is 3.28. The Labute approximate surface area is 126 Å². The smallest absolute Gasteiger partial charge is 0.245 e. The highest BCUT2D eigenvalue weighted by atomic mass is 32.2. The van der Waals surface area contributed by atoms with Gasteiger partial charge in [0.25, 0.3) is 0 Å². The van der Waals surface area contributed by atoms with Gasteiger partial charge in [0.15, 0.2) is 0 Å². The van der Waals surface area contributed by atoms with Gasteiger partial charge in [0.2, 0.25) is 10.0 Å². The van der Waals surface area contributed by atoms with E-state index in [1.807, 2.05) is 19.0 Å². The molecule has 1 rings (SSSR count). The molecule has 0 heterocycles. The van der Waals surface area contributed by atoms with Crippen LogP contribution in [0.25, 0.3) is 0 Å². The summed E-state index contributed by atoms with van der Waals surface area (Å²) >= 11 is 0. The van der Waals surface area contributed by atoms with Gasteiger partial charge in [0, 0.05) is 20.1 Å². The molecule has 0 aliphatic rings. The number of nitrogens with zero attached hydrogens (tertiary/aromatic N) is 2. The minimum Gasteiger partial charge on any atom is -0.316 e. The highest BCUT2D eigenvalue weighted by Gasteiger charge is 2.24. The molecule has 0 aliphatic carbocycles. The largest absolute Gasteiger partial charge is 0.316 e. The summed E-state index contributed by atoms with van der Waals surface area (Å²) < 4.78 is 40.0. The van der Waals surface area contributed by atoms with Gasteiger partial charge in [-0.2, -0.15) is 0 Å². The number of rotatable bonds is 8. The minimum atomic E-state index is -3.80. The highest BCUT2D eigenvalue weighted by Crippen LogP contribution is 2.20. The number of benzene rings is 1. The molecule has 0 radical (unpaired) electrons. The Morgan fingerprint density at radius 1 is 1.19 bits per heavy atom. The molecule has 0 aliphatic heterocycles. The molecule has 0 bridgehead atoms.